The minimum atomic E-state index is -4.49. The van der Waals surface area contributed by atoms with Crippen LogP contribution < -0.4 is 11.2 Å². The molecule has 10 heteroatoms. The van der Waals surface area contributed by atoms with Gasteiger partial charge in [0.25, 0.3) is 5.56 Å². The minimum Gasteiger partial charge on any atom is -0.336 e. The van der Waals surface area contributed by atoms with E-state index in [0.717, 1.165) is 16.7 Å². The number of amides is 1. The van der Waals surface area contributed by atoms with Gasteiger partial charge in [0.15, 0.2) is 0 Å². The SMILES string of the molecule is CCn1c(=O)c2ccccc2n(CC(=O)N(CCN(C)C)Cc2cccc(C(F)(F)F)c2)c1=O. The fourth-order valence-corrected chi connectivity index (χ4v) is 3.72. The van der Waals surface area contributed by atoms with Crippen LogP contribution in [0.4, 0.5) is 13.2 Å². The van der Waals surface area contributed by atoms with Crippen molar-refractivity contribution in [3.05, 3.63) is 80.5 Å². The van der Waals surface area contributed by atoms with Crippen molar-refractivity contribution in [2.45, 2.75) is 32.7 Å². The molecule has 1 heterocycles. The summed E-state index contributed by atoms with van der Waals surface area (Å²) in [5.74, 6) is -0.437. The van der Waals surface area contributed by atoms with Gasteiger partial charge in [0.1, 0.15) is 6.54 Å². The monoisotopic (exact) mass is 476 g/mol. The number of carbonyl (C=O) groups excluding carboxylic acids is 1. The standard InChI is InChI=1S/C24H27F3N4O3/c1-4-30-22(33)19-10-5-6-11-20(19)31(23(30)34)16-21(32)29(13-12-28(2)3)15-17-8-7-9-18(14-17)24(25,26)27/h5-11,14H,4,12-13,15-16H2,1-3H3. The van der Waals surface area contributed by atoms with E-state index in [1.807, 2.05) is 19.0 Å². The molecule has 0 fully saturated rings. The maximum atomic E-state index is 13.3. The van der Waals surface area contributed by atoms with E-state index in [-0.39, 0.29) is 26.2 Å². The van der Waals surface area contributed by atoms with Crippen LogP contribution in [0.3, 0.4) is 0 Å². The van der Waals surface area contributed by atoms with Crippen LogP contribution in [0.1, 0.15) is 18.1 Å². The average molecular weight is 476 g/mol. The second-order valence-electron chi connectivity index (χ2n) is 8.25. The number of hydrogen-bond donors (Lipinski definition) is 0. The first-order valence-corrected chi connectivity index (χ1v) is 10.8. The molecule has 3 aromatic rings. The number of benzene rings is 2. The summed E-state index contributed by atoms with van der Waals surface area (Å²) < 4.78 is 41.8. The summed E-state index contributed by atoms with van der Waals surface area (Å²) in [7, 11) is 3.64. The molecule has 0 radical (unpaired) electrons. The predicted octanol–water partition coefficient (Wildman–Crippen LogP) is 2.79. The molecule has 0 aliphatic heterocycles. The van der Waals surface area contributed by atoms with Gasteiger partial charge < -0.3 is 9.80 Å². The largest absolute Gasteiger partial charge is 0.416 e. The molecule has 3 rings (SSSR count). The quantitative estimate of drug-likeness (QED) is 0.502. The van der Waals surface area contributed by atoms with Crippen LogP contribution in [0.5, 0.6) is 0 Å². The van der Waals surface area contributed by atoms with Crippen LogP contribution in [-0.4, -0.2) is 52.0 Å². The van der Waals surface area contributed by atoms with Crippen molar-refractivity contribution in [1.82, 2.24) is 18.9 Å². The van der Waals surface area contributed by atoms with Gasteiger partial charge >= 0.3 is 11.9 Å². The first kappa shape index (κ1) is 25.2. The Kier molecular flexibility index (Phi) is 7.61. The third-order valence-corrected chi connectivity index (χ3v) is 5.54. The highest BCUT2D eigenvalue weighted by atomic mass is 19.4. The van der Waals surface area contributed by atoms with Gasteiger partial charge in [-0.05, 0) is 50.8 Å². The third-order valence-electron chi connectivity index (χ3n) is 5.54. The van der Waals surface area contributed by atoms with Crippen molar-refractivity contribution in [3.8, 4) is 0 Å². The van der Waals surface area contributed by atoms with Crippen molar-refractivity contribution in [1.29, 1.82) is 0 Å². The molecular weight excluding hydrogens is 449 g/mol. The topological polar surface area (TPSA) is 67.6 Å². The van der Waals surface area contributed by atoms with Crippen molar-refractivity contribution < 1.29 is 18.0 Å². The highest BCUT2D eigenvalue weighted by molar-refractivity contribution is 5.81. The second-order valence-corrected chi connectivity index (χ2v) is 8.25. The summed E-state index contributed by atoms with van der Waals surface area (Å²) in [5, 5.41) is 0.314. The molecule has 1 aromatic heterocycles. The normalized spacial score (nSPS) is 11.9. The molecule has 182 valence electrons. The van der Waals surface area contributed by atoms with Crippen LogP contribution in [0.25, 0.3) is 10.9 Å². The first-order valence-electron chi connectivity index (χ1n) is 10.8. The van der Waals surface area contributed by atoms with E-state index in [9.17, 15) is 27.6 Å². The highest BCUT2D eigenvalue weighted by Crippen LogP contribution is 2.29. The van der Waals surface area contributed by atoms with Gasteiger partial charge in [-0.1, -0.05) is 24.3 Å². The van der Waals surface area contributed by atoms with Gasteiger partial charge in [0.05, 0.1) is 16.5 Å². The van der Waals surface area contributed by atoms with Crippen molar-refractivity contribution >= 4 is 16.8 Å². The molecule has 0 atom stereocenters. The number of para-hydroxylation sites is 1. The lowest BCUT2D eigenvalue weighted by Crippen LogP contribution is -2.44. The highest BCUT2D eigenvalue weighted by Gasteiger charge is 2.30. The van der Waals surface area contributed by atoms with E-state index < -0.39 is 28.9 Å². The molecule has 0 unspecified atom stereocenters. The molecule has 0 saturated heterocycles. The van der Waals surface area contributed by atoms with Crippen LogP contribution in [-0.2, 0) is 30.6 Å². The van der Waals surface area contributed by atoms with Crippen molar-refractivity contribution in [3.63, 3.8) is 0 Å². The van der Waals surface area contributed by atoms with E-state index in [2.05, 4.69) is 0 Å². The Hall–Kier alpha value is -3.40. The number of carbonyl (C=O) groups is 1. The lowest BCUT2D eigenvalue weighted by atomic mass is 10.1. The lowest BCUT2D eigenvalue weighted by molar-refractivity contribution is -0.137. The van der Waals surface area contributed by atoms with E-state index in [1.165, 1.54) is 21.6 Å². The maximum absolute atomic E-state index is 13.3. The zero-order valence-electron chi connectivity index (χ0n) is 19.3. The Balaban J connectivity index is 1.98. The Bertz CT molecular complexity index is 1300. The zero-order valence-corrected chi connectivity index (χ0v) is 19.3. The lowest BCUT2D eigenvalue weighted by Gasteiger charge is -2.26. The molecule has 0 N–H and O–H groups in total. The summed E-state index contributed by atoms with van der Waals surface area (Å²) in [4.78, 5) is 42.2. The summed E-state index contributed by atoms with van der Waals surface area (Å²) in [6.45, 7) is 2.16. The maximum Gasteiger partial charge on any atom is 0.416 e. The van der Waals surface area contributed by atoms with Crippen LogP contribution in [0, 0.1) is 0 Å². The van der Waals surface area contributed by atoms with Gasteiger partial charge in [-0.3, -0.25) is 18.7 Å². The number of alkyl halides is 3. The summed E-state index contributed by atoms with van der Waals surface area (Å²) in [6.07, 6.45) is -4.49. The number of fused-ring (bicyclic) bond motifs is 1. The van der Waals surface area contributed by atoms with E-state index in [4.69, 9.17) is 0 Å². The Labute approximate surface area is 194 Å². The van der Waals surface area contributed by atoms with Gasteiger partial charge in [-0.15, -0.1) is 0 Å². The molecule has 0 spiro atoms. The number of aromatic nitrogens is 2. The molecule has 2 aromatic carbocycles. The van der Waals surface area contributed by atoms with E-state index >= 15 is 0 Å². The van der Waals surface area contributed by atoms with Crippen molar-refractivity contribution in [2.75, 3.05) is 27.2 Å². The molecule has 0 aliphatic carbocycles. The van der Waals surface area contributed by atoms with Gasteiger partial charge in [-0.25, -0.2) is 4.79 Å². The van der Waals surface area contributed by atoms with Crippen LogP contribution in [0.15, 0.2) is 58.1 Å². The number of likely N-dealkylation sites (N-methyl/N-ethyl adjacent to an activating group) is 1. The second kappa shape index (κ2) is 10.3. The predicted molar refractivity (Wildman–Crippen MR) is 124 cm³/mol. The number of rotatable bonds is 8. The Morgan fingerprint density at radius 3 is 2.32 bits per heavy atom. The van der Waals surface area contributed by atoms with Gasteiger partial charge in [0.2, 0.25) is 5.91 Å². The summed E-state index contributed by atoms with van der Waals surface area (Å²) in [5.41, 5.74) is -1.16. The number of hydrogen-bond acceptors (Lipinski definition) is 4. The average Bonchev–Trinajstić information content (AvgIpc) is 2.79. The minimum absolute atomic E-state index is 0.0449. The zero-order chi connectivity index (χ0) is 25.0. The third kappa shape index (κ3) is 5.56. The molecule has 0 aliphatic rings. The van der Waals surface area contributed by atoms with Gasteiger partial charge in [0, 0.05) is 26.2 Å². The molecule has 7 nitrogen and oxygen atoms in total. The fraction of sp³-hybridized carbons (Fsp3) is 0.375. The molecule has 34 heavy (non-hydrogen) atoms. The van der Waals surface area contributed by atoms with Crippen molar-refractivity contribution in [2.24, 2.45) is 0 Å². The van der Waals surface area contributed by atoms with Crippen LogP contribution >= 0.6 is 0 Å². The van der Waals surface area contributed by atoms with Crippen LogP contribution in [0.2, 0.25) is 0 Å². The number of nitrogens with zero attached hydrogens (tertiary/aromatic N) is 4. The molecule has 0 bridgehead atoms. The van der Waals surface area contributed by atoms with Gasteiger partial charge in [-0.2, -0.15) is 13.2 Å². The summed E-state index contributed by atoms with van der Waals surface area (Å²) >= 11 is 0. The Morgan fingerprint density at radius 1 is 0.971 bits per heavy atom. The van der Waals surface area contributed by atoms with E-state index in [1.54, 1.807) is 31.2 Å². The fourth-order valence-electron chi connectivity index (χ4n) is 3.72. The molecule has 0 saturated carbocycles. The Morgan fingerprint density at radius 2 is 1.68 bits per heavy atom. The molecular formula is C24H27F3N4O3. The smallest absolute Gasteiger partial charge is 0.336 e. The van der Waals surface area contributed by atoms with E-state index in [0.29, 0.717) is 23.0 Å². The first-order chi connectivity index (χ1) is 16.0. The number of halogens is 3. The molecule has 1 amide bonds. The summed E-state index contributed by atoms with van der Waals surface area (Å²) in [6, 6.07) is 11.4.